The summed E-state index contributed by atoms with van der Waals surface area (Å²) >= 11 is 0. The van der Waals surface area contributed by atoms with Crippen LogP contribution in [0.4, 0.5) is 4.79 Å². The zero-order valence-electron chi connectivity index (χ0n) is 10.8. The molecule has 2 rings (SSSR count). The highest BCUT2D eigenvalue weighted by Crippen LogP contribution is 2.44. The molecule has 5 heteroatoms. The maximum atomic E-state index is 11.8. The van der Waals surface area contributed by atoms with Crippen LogP contribution in [0, 0.1) is 11.8 Å². The zero-order chi connectivity index (χ0) is 13.1. The van der Waals surface area contributed by atoms with Crippen LogP contribution in [-0.2, 0) is 4.79 Å². The molecule has 2 fully saturated rings. The third-order valence-corrected chi connectivity index (χ3v) is 4.24. The molecule has 2 bridgehead atoms. The summed E-state index contributed by atoms with van der Waals surface area (Å²) in [6, 6.07) is -0.846. The van der Waals surface area contributed by atoms with Gasteiger partial charge in [0.25, 0.3) is 0 Å². The number of carbonyl (C=O) groups is 2. The summed E-state index contributed by atoms with van der Waals surface area (Å²) in [5, 5.41) is 14.5. The number of urea groups is 1. The van der Waals surface area contributed by atoms with Crippen LogP contribution in [0.5, 0.6) is 0 Å². The standard InChI is InChI=1S/C13H22N2O3/c1-2-3-10(12(16)17)14-13(18)15-11-7-8-4-5-9(11)6-8/h8-11H,2-7H2,1H3,(H,16,17)(H2,14,15,18)/t8?,9?,10-,11?/m1/s1. The third-order valence-electron chi connectivity index (χ3n) is 4.24. The second-order valence-electron chi connectivity index (χ2n) is 5.58. The number of carbonyl (C=O) groups excluding carboxylic acids is 1. The molecule has 3 unspecified atom stereocenters. The Morgan fingerprint density at radius 1 is 1.33 bits per heavy atom. The monoisotopic (exact) mass is 254 g/mol. The highest BCUT2D eigenvalue weighted by atomic mass is 16.4. The fourth-order valence-corrected chi connectivity index (χ4v) is 3.34. The van der Waals surface area contributed by atoms with Crippen LogP contribution in [0.3, 0.4) is 0 Å². The van der Waals surface area contributed by atoms with Crippen molar-refractivity contribution in [2.45, 2.75) is 57.5 Å². The summed E-state index contributed by atoms with van der Waals surface area (Å²) in [6.07, 6.45) is 5.99. The Kier molecular flexibility index (Phi) is 4.09. The van der Waals surface area contributed by atoms with E-state index in [1.165, 1.54) is 19.3 Å². The number of fused-ring (bicyclic) bond motifs is 2. The van der Waals surface area contributed by atoms with Gasteiger partial charge in [-0.05, 0) is 37.5 Å². The molecule has 0 radical (unpaired) electrons. The molecule has 0 saturated heterocycles. The second kappa shape index (κ2) is 5.59. The van der Waals surface area contributed by atoms with Gasteiger partial charge in [-0.3, -0.25) is 0 Å². The van der Waals surface area contributed by atoms with Crippen LogP contribution in [0.2, 0.25) is 0 Å². The molecule has 2 aliphatic rings. The van der Waals surface area contributed by atoms with E-state index in [2.05, 4.69) is 10.6 Å². The van der Waals surface area contributed by atoms with E-state index in [1.807, 2.05) is 6.92 Å². The lowest BCUT2D eigenvalue weighted by Gasteiger charge is -2.24. The van der Waals surface area contributed by atoms with Gasteiger partial charge in [0.15, 0.2) is 0 Å². The van der Waals surface area contributed by atoms with Crippen LogP contribution in [0.15, 0.2) is 0 Å². The Labute approximate surface area is 107 Å². The highest BCUT2D eigenvalue weighted by molar-refractivity contribution is 5.82. The van der Waals surface area contributed by atoms with Crippen molar-refractivity contribution in [2.24, 2.45) is 11.8 Å². The lowest BCUT2D eigenvalue weighted by molar-refractivity contribution is -0.139. The van der Waals surface area contributed by atoms with Crippen molar-refractivity contribution >= 4 is 12.0 Å². The first-order chi connectivity index (χ1) is 8.60. The molecule has 102 valence electrons. The lowest BCUT2D eigenvalue weighted by atomic mass is 9.95. The number of carboxylic acids is 1. The molecule has 2 aliphatic carbocycles. The molecule has 4 atom stereocenters. The molecule has 2 saturated carbocycles. The van der Waals surface area contributed by atoms with Crippen LogP contribution in [0.25, 0.3) is 0 Å². The predicted molar refractivity (Wildman–Crippen MR) is 67.2 cm³/mol. The normalized spacial score (nSPS) is 31.1. The summed E-state index contributed by atoms with van der Waals surface area (Å²) in [4.78, 5) is 22.7. The van der Waals surface area contributed by atoms with E-state index < -0.39 is 12.0 Å². The molecule has 5 nitrogen and oxygen atoms in total. The first kappa shape index (κ1) is 13.2. The average Bonchev–Trinajstić information content (AvgIpc) is 2.90. The number of hydrogen-bond donors (Lipinski definition) is 3. The zero-order valence-corrected chi connectivity index (χ0v) is 10.8. The van der Waals surface area contributed by atoms with Gasteiger partial charge >= 0.3 is 12.0 Å². The Balaban J connectivity index is 1.79. The quantitative estimate of drug-likeness (QED) is 0.699. The molecule has 0 heterocycles. The summed E-state index contributed by atoms with van der Waals surface area (Å²) in [6.45, 7) is 1.91. The van der Waals surface area contributed by atoms with Crippen molar-refractivity contribution in [1.29, 1.82) is 0 Å². The van der Waals surface area contributed by atoms with Crippen molar-refractivity contribution in [3.63, 3.8) is 0 Å². The summed E-state index contributed by atoms with van der Waals surface area (Å²) in [5.41, 5.74) is 0. The van der Waals surface area contributed by atoms with Gasteiger partial charge in [0.2, 0.25) is 0 Å². The van der Waals surface area contributed by atoms with Gasteiger partial charge in [0.05, 0.1) is 0 Å². The Hall–Kier alpha value is -1.26. The minimum Gasteiger partial charge on any atom is -0.480 e. The maximum absolute atomic E-state index is 11.8. The van der Waals surface area contributed by atoms with Crippen molar-refractivity contribution in [3.8, 4) is 0 Å². The smallest absolute Gasteiger partial charge is 0.326 e. The number of rotatable bonds is 5. The van der Waals surface area contributed by atoms with Crippen LogP contribution in [0.1, 0.15) is 45.4 Å². The molecular weight excluding hydrogens is 232 g/mol. The molecule has 0 aliphatic heterocycles. The first-order valence-corrected chi connectivity index (χ1v) is 6.90. The average molecular weight is 254 g/mol. The second-order valence-corrected chi connectivity index (χ2v) is 5.58. The minimum atomic E-state index is -0.958. The van der Waals surface area contributed by atoms with E-state index in [9.17, 15) is 9.59 Å². The fraction of sp³-hybridized carbons (Fsp3) is 0.846. The Bertz CT molecular complexity index is 332. The molecule has 0 aromatic heterocycles. The molecule has 0 aromatic carbocycles. The molecule has 3 N–H and O–H groups in total. The third kappa shape index (κ3) is 2.94. The lowest BCUT2D eigenvalue weighted by Crippen LogP contribution is -2.50. The first-order valence-electron chi connectivity index (χ1n) is 6.90. The maximum Gasteiger partial charge on any atom is 0.326 e. The summed E-state index contributed by atoms with van der Waals surface area (Å²) < 4.78 is 0. The van der Waals surface area contributed by atoms with Crippen molar-refractivity contribution in [1.82, 2.24) is 10.6 Å². The fourth-order valence-electron chi connectivity index (χ4n) is 3.34. The van der Waals surface area contributed by atoms with Crippen molar-refractivity contribution < 1.29 is 14.7 Å². The van der Waals surface area contributed by atoms with Crippen LogP contribution >= 0.6 is 0 Å². The molecule has 2 amide bonds. The summed E-state index contributed by atoms with van der Waals surface area (Å²) in [7, 11) is 0. The topological polar surface area (TPSA) is 78.4 Å². The molecular formula is C13H22N2O3. The number of amides is 2. The van der Waals surface area contributed by atoms with E-state index >= 15 is 0 Å². The molecule has 0 spiro atoms. The van der Waals surface area contributed by atoms with E-state index in [4.69, 9.17) is 5.11 Å². The number of nitrogens with one attached hydrogen (secondary N) is 2. The van der Waals surface area contributed by atoms with Gasteiger partial charge in [0, 0.05) is 6.04 Å². The SMILES string of the molecule is CCC[C@@H](NC(=O)NC1CC2CCC1C2)C(=O)O. The number of hydrogen-bond acceptors (Lipinski definition) is 2. The molecule has 0 aromatic rings. The number of carboxylic acid groups (broad SMARTS) is 1. The Morgan fingerprint density at radius 2 is 2.11 bits per heavy atom. The van der Waals surface area contributed by atoms with E-state index in [0.29, 0.717) is 12.3 Å². The van der Waals surface area contributed by atoms with Gasteiger partial charge in [-0.15, -0.1) is 0 Å². The largest absolute Gasteiger partial charge is 0.480 e. The van der Waals surface area contributed by atoms with Crippen LogP contribution < -0.4 is 10.6 Å². The number of aliphatic carboxylic acids is 1. The molecule has 18 heavy (non-hydrogen) atoms. The van der Waals surface area contributed by atoms with E-state index in [1.54, 1.807) is 0 Å². The highest BCUT2D eigenvalue weighted by Gasteiger charge is 2.40. The van der Waals surface area contributed by atoms with Crippen LogP contribution in [-0.4, -0.2) is 29.2 Å². The summed E-state index contributed by atoms with van der Waals surface area (Å²) in [5.74, 6) is 0.418. The van der Waals surface area contributed by atoms with Gasteiger partial charge in [-0.25, -0.2) is 9.59 Å². The Morgan fingerprint density at radius 3 is 2.61 bits per heavy atom. The van der Waals surface area contributed by atoms with E-state index in [0.717, 1.165) is 18.8 Å². The van der Waals surface area contributed by atoms with Crippen molar-refractivity contribution in [3.05, 3.63) is 0 Å². The van der Waals surface area contributed by atoms with Crippen molar-refractivity contribution in [2.75, 3.05) is 0 Å². The van der Waals surface area contributed by atoms with Gasteiger partial charge < -0.3 is 15.7 Å². The predicted octanol–water partition coefficient (Wildman–Crippen LogP) is 1.73. The van der Waals surface area contributed by atoms with Gasteiger partial charge in [-0.2, -0.15) is 0 Å². The van der Waals surface area contributed by atoms with Gasteiger partial charge in [0.1, 0.15) is 6.04 Å². The van der Waals surface area contributed by atoms with E-state index in [-0.39, 0.29) is 12.1 Å². The minimum absolute atomic E-state index is 0.250. The van der Waals surface area contributed by atoms with Gasteiger partial charge in [-0.1, -0.05) is 19.8 Å².